The topological polar surface area (TPSA) is 113 Å². The van der Waals surface area contributed by atoms with E-state index in [9.17, 15) is 14.4 Å². The van der Waals surface area contributed by atoms with Crippen molar-refractivity contribution in [2.24, 2.45) is 0 Å². The van der Waals surface area contributed by atoms with Crippen molar-refractivity contribution in [3.63, 3.8) is 0 Å². The van der Waals surface area contributed by atoms with Crippen LogP contribution < -0.4 is 16.0 Å². The summed E-state index contributed by atoms with van der Waals surface area (Å²) in [7, 11) is 0. The quantitative estimate of drug-likeness (QED) is 0.139. The Morgan fingerprint density at radius 2 is 1.77 bits per heavy atom. The summed E-state index contributed by atoms with van der Waals surface area (Å²) in [4.78, 5) is 44.4. The van der Waals surface area contributed by atoms with Crippen molar-refractivity contribution < 1.29 is 14.4 Å². The molecule has 0 aliphatic carbocycles. The van der Waals surface area contributed by atoms with E-state index in [0.29, 0.717) is 21.5 Å². The minimum atomic E-state index is -0.446. The second-order valence-corrected chi connectivity index (χ2v) is 12.3. The molecule has 1 atom stereocenters. The number of rotatable bonds is 11. The molecule has 4 aromatic rings. The van der Waals surface area contributed by atoms with Crippen molar-refractivity contribution in [2.45, 2.75) is 29.1 Å². The number of carbonyl (C=O) groups is 3. The van der Waals surface area contributed by atoms with Crippen molar-refractivity contribution in [1.82, 2.24) is 14.7 Å². The van der Waals surface area contributed by atoms with Gasteiger partial charge in [0.15, 0.2) is 0 Å². The van der Waals surface area contributed by atoms with E-state index in [1.807, 2.05) is 49.6 Å². The number of thioether (sulfide) groups is 2. The van der Waals surface area contributed by atoms with E-state index in [4.69, 9.17) is 0 Å². The number of hydrogen-bond donors (Lipinski definition) is 3. The van der Waals surface area contributed by atoms with Crippen LogP contribution in [0.5, 0.6) is 0 Å². The first-order valence-corrected chi connectivity index (χ1v) is 15.4. The van der Waals surface area contributed by atoms with Crippen LogP contribution in [0.3, 0.4) is 0 Å². The molecule has 2 heterocycles. The molecular weight excluding hydrogens is 571 g/mol. The number of benzene rings is 2. The fourth-order valence-corrected chi connectivity index (χ4v) is 5.98. The Hall–Kier alpha value is -3.45. The molecule has 39 heavy (non-hydrogen) atoms. The summed E-state index contributed by atoms with van der Waals surface area (Å²) in [5.41, 5.74) is 1.14. The lowest BCUT2D eigenvalue weighted by Crippen LogP contribution is -2.30. The molecule has 2 aromatic carbocycles. The first-order valence-electron chi connectivity index (χ1n) is 11.9. The molecule has 8 nitrogen and oxygen atoms in total. The zero-order chi connectivity index (χ0) is 27.6. The second kappa shape index (κ2) is 14.1. The predicted octanol–water partition coefficient (Wildman–Crippen LogP) is 6.24. The lowest BCUT2D eigenvalue weighted by Gasteiger charge is -2.13. The van der Waals surface area contributed by atoms with E-state index in [0.717, 1.165) is 27.1 Å². The Morgan fingerprint density at radius 3 is 2.46 bits per heavy atom. The highest BCUT2D eigenvalue weighted by atomic mass is 32.2. The maximum atomic E-state index is 13.1. The molecule has 4 rings (SSSR count). The number of thiophene rings is 1. The third-order valence-corrected chi connectivity index (χ3v) is 8.47. The molecule has 0 aliphatic rings. The van der Waals surface area contributed by atoms with E-state index in [2.05, 4.69) is 25.3 Å². The smallest absolute Gasteiger partial charge is 0.272 e. The van der Waals surface area contributed by atoms with Crippen LogP contribution in [0.4, 0.5) is 10.8 Å². The van der Waals surface area contributed by atoms with E-state index in [1.54, 1.807) is 42.5 Å². The monoisotopic (exact) mass is 595 g/mol. The minimum absolute atomic E-state index is 0.132. The molecular formula is C27H25N5O3S4. The van der Waals surface area contributed by atoms with Crippen molar-refractivity contribution >= 4 is 81.0 Å². The van der Waals surface area contributed by atoms with Crippen LogP contribution in [-0.4, -0.2) is 38.1 Å². The van der Waals surface area contributed by atoms with E-state index >= 15 is 0 Å². The summed E-state index contributed by atoms with van der Waals surface area (Å²) in [5, 5.41) is 11.0. The first-order chi connectivity index (χ1) is 18.9. The Balaban J connectivity index is 1.37. The fourth-order valence-electron chi connectivity index (χ4n) is 3.19. The van der Waals surface area contributed by atoms with Crippen LogP contribution in [-0.2, 0) is 9.59 Å². The van der Waals surface area contributed by atoms with Crippen LogP contribution >= 0.6 is 46.4 Å². The second-order valence-electron chi connectivity index (χ2n) is 7.94. The van der Waals surface area contributed by atoms with Gasteiger partial charge >= 0.3 is 0 Å². The largest absolute Gasteiger partial charge is 0.321 e. The molecule has 0 aliphatic heterocycles. The van der Waals surface area contributed by atoms with Crippen molar-refractivity contribution in [3.05, 3.63) is 88.2 Å². The highest BCUT2D eigenvalue weighted by Gasteiger charge is 2.18. The first kappa shape index (κ1) is 28.6. The van der Waals surface area contributed by atoms with Crippen molar-refractivity contribution in [3.8, 4) is 0 Å². The van der Waals surface area contributed by atoms with Crippen LogP contribution in [0, 0.1) is 0 Å². The number of carbonyl (C=O) groups excluding carboxylic acids is 3. The molecule has 1 unspecified atom stereocenters. The number of nitrogens with one attached hydrogen (secondary N) is 3. The molecule has 2 aromatic heterocycles. The molecule has 0 bridgehead atoms. The molecule has 0 fully saturated rings. The van der Waals surface area contributed by atoms with Gasteiger partial charge in [-0.25, -0.2) is 0 Å². The van der Waals surface area contributed by atoms with Crippen molar-refractivity contribution in [1.29, 1.82) is 0 Å². The highest BCUT2D eigenvalue weighted by molar-refractivity contribution is 8.00. The molecule has 200 valence electrons. The fraction of sp³-hybridized carbons (Fsp3) is 0.148. The third-order valence-electron chi connectivity index (χ3n) is 5.06. The number of amides is 3. The molecule has 0 saturated heterocycles. The van der Waals surface area contributed by atoms with Crippen LogP contribution in [0.25, 0.3) is 6.08 Å². The number of nitrogens with zero attached hydrogens (tertiary/aromatic N) is 2. The zero-order valence-electron chi connectivity index (χ0n) is 21.0. The average Bonchev–Trinajstić information content (AvgIpc) is 3.62. The van der Waals surface area contributed by atoms with Crippen LogP contribution in [0.2, 0.25) is 0 Å². The van der Waals surface area contributed by atoms with Crippen molar-refractivity contribution in [2.75, 3.05) is 16.4 Å². The number of hydrogen-bond acceptors (Lipinski definition) is 9. The van der Waals surface area contributed by atoms with Crippen LogP contribution in [0.15, 0.2) is 87.9 Å². The Bertz CT molecular complexity index is 1440. The van der Waals surface area contributed by atoms with E-state index in [1.165, 1.54) is 34.9 Å². The summed E-state index contributed by atoms with van der Waals surface area (Å²) in [6.07, 6.45) is 1.65. The SMILES string of the molecule is CCSc1nsc(NC(=O)C(C)Sc2ccc(NC(=O)/C(=C/c3cccs3)NC(=O)c3ccccc3)cc2)n1. The predicted molar refractivity (Wildman–Crippen MR) is 162 cm³/mol. The normalized spacial score (nSPS) is 12.0. The molecule has 0 radical (unpaired) electrons. The van der Waals surface area contributed by atoms with Gasteiger partial charge in [-0.15, -0.1) is 23.1 Å². The van der Waals surface area contributed by atoms with Gasteiger partial charge in [-0.2, -0.15) is 9.36 Å². The molecule has 0 spiro atoms. The standard InChI is InChI=1S/C27H25N5O3S4/c1-3-36-27-31-26(39-32-27)30-23(33)17(2)38-20-13-11-19(12-14-20)28-25(35)22(16-21-10-7-15-37-21)29-24(34)18-8-5-4-6-9-18/h4-17H,3H2,1-2H3,(H,28,35)(H,29,34)(H,30,31,32,33)/b22-16-. The van der Waals surface area contributed by atoms with E-state index < -0.39 is 5.91 Å². The zero-order valence-corrected chi connectivity index (χ0v) is 24.3. The van der Waals surface area contributed by atoms with Gasteiger partial charge in [0, 0.05) is 32.6 Å². The lowest BCUT2D eigenvalue weighted by molar-refractivity contribution is -0.115. The highest BCUT2D eigenvalue weighted by Crippen LogP contribution is 2.27. The molecule has 3 N–H and O–H groups in total. The molecule has 0 saturated carbocycles. The van der Waals surface area contributed by atoms with Gasteiger partial charge in [0.25, 0.3) is 11.8 Å². The Morgan fingerprint density at radius 1 is 1.00 bits per heavy atom. The number of aromatic nitrogens is 2. The maximum Gasteiger partial charge on any atom is 0.272 e. The van der Waals surface area contributed by atoms with Gasteiger partial charge in [-0.05, 0) is 66.6 Å². The summed E-state index contributed by atoms with van der Waals surface area (Å²) < 4.78 is 4.21. The third kappa shape index (κ3) is 8.52. The van der Waals surface area contributed by atoms with Gasteiger partial charge in [-0.3, -0.25) is 19.7 Å². The number of anilines is 2. The Kier molecular flexibility index (Phi) is 10.3. The summed E-state index contributed by atoms with van der Waals surface area (Å²) in [5.74, 6) is -0.125. The summed E-state index contributed by atoms with van der Waals surface area (Å²) in [6, 6.07) is 19.6. The maximum absolute atomic E-state index is 13.1. The van der Waals surface area contributed by atoms with E-state index in [-0.39, 0.29) is 22.8 Å². The molecule has 12 heteroatoms. The average molecular weight is 596 g/mol. The van der Waals surface area contributed by atoms with Crippen LogP contribution in [0.1, 0.15) is 29.1 Å². The van der Waals surface area contributed by atoms with Gasteiger partial charge in [0.05, 0.1) is 5.25 Å². The Labute approximate surface area is 242 Å². The minimum Gasteiger partial charge on any atom is -0.321 e. The van der Waals surface area contributed by atoms with Gasteiger partial charge in [-0.1, -0.05) is 43.0 Å². The molecule has 3 amide bonds. The van der Waals surface area contributed by atoms with Gasteiger partial charge < -0.3 is 10.6 Å². The summed E-state index contributed by atoms with van der Waals surface area (Å²) in [6.45, 7) is 3.83. The van der Waals surface area contributed by atoms with Gasteiger partial charge in [0.2, 0.25) is 16.2 Å². The van der Waals surface area contributed by atoms with Gasteiger partial charge in [0.1, 0.15) is 5.70 Å². The summed E-state index contributed by atoms with van der Waals surface area (Å²) >= 11 is 5.53. The lowest BCUT2D eigenvalue weighted by atomic mass is 10.2.